The van der Waals surface area contributed by atoms with E-state index in [1.54, 1.807) is 4.90 Å². The Morgan fingerprint density at radius 1 is 1.05 bits per heavy atom. The van der Waals surface area contributed by atoms with E-state index in [0.717, 1.165) is 43.2 Å². The average molecular weight is 307 g/mol. The summed E-state index contributed by atoms with van der Waals surface area (Å²) in [5, 5.41) is 0. The molecule has 0 aromatic rings. The first-order valence-corrected chi connectivity index (χ1v) is 9.24. The molecule has 6 unspecified atom stereocenters. The summed E-state index contributed by atoms with van der Waals surface area (Å²) in [5.41, 5.74) is 0. The molecule has 1 aliphatic heterocycles. The Bertz CT molecular complexity index is 434. The van der Waals surface area contributed by atoms with Gasteiger partial charge in [0.25, 0.3) is 0 Å². The molecule has 4 fully saturated rings. The number of fused-ring (bicyclic) bond motifs is 5. The highest BCUT2D eigenvalue weighted by Gasteiger charge is 2.54. The third kappa shape index (κ3) is 2.44. The molecule has 0 radical (unpaired) electrons. The highest BCUT2D eigenvalue weighted by molar-refractivity contribution is 5.68. The summed E-state index contributed by atoms with van der Waals surface area (Å²) >= 11 is 0. The van der Waals surface area contributed by atoms with E-state index >= 15 is 0 Å². The Labute approximate surface area is 133 Å². The van der Waals surface area contributed by atoms with Gasteiger partial charge in [0.15, 0.2) is 0 Å². The van der Waals surface area contributed by atoms with Crippen molar-refractivity contribution < 1.29 is 14.3 Å². The van der Waals surface area contributed by atoms with E-state index in [1.165, 1.54) is 32.1 Å². The van der Waals surface area contributed by atoms with Crippen LogP contribution in [0.1, 0.15) is 52.4 Å². The predicted octanol–water partition coefficient (Wildman–Crippen LogP) is 3.65. The van der Waals surface area contributed by atoms with Crippen molar-refractivity contribution in [3.63, 3.8) is 0 Å². The van der Waals surface area contributed by atoms with Crippen molar-refractivity contribution in [3.8, 4) is 0 Å². The van der Waals surface area contributed by atoms with Crippen molar-refractivity contribution in [2.45, 2.75) is 64.8 Å². The lowest BCUT2D eigenvalue weighted by molar-refractivity contribution is -0.182. The monoisotopic (exact) mass is 307 g/mol. The van der Waals surface area contributed by atoms with Crippen LogP contribution in [0.5, 0.6) is 0 Å². The third-order valence-corrected chi connectivity index (χ3v) is 6.55. The van der Waals surface area contributed by atoms with Crippen LogP contribution in [0.3, 0.4) is 0 Å². The van der Waals surface area contributed by atoms with Gasteiger partial charge < -0.3 is 14.4 Å². The number of carbonyl (C=O) groups excluding carboxylic acids is 1. The van der Waals surface area contributed by atoms with Gasteiger partial charge in [-0.2, -0.15) is 0 Å². The average Bonchev–Trinajstić information content (AvgIpc) is 3.07. The number of likely N-dealkylation sites (tertiary alicyclic amines) is 1. The minimum atomic E-state index is -0.377. The fourth-order valence-corrected chi connectivity index (χ4v) is 5.33. The highest BCUT2D eigenvalue weighted by Crippen LogP contribution is 2.59. The zero-order valence-electron chi connectivity index (χ0n) is 13.9. The van der Waals surface area contributed by atoms with Crippen LogP contribution in [0, 0.1) is 29.6 Å². The molecule has 22 heavy (non-hydrogen) atoms. The lowest BCUT2D eigenvalue weighted by Crippen LogP contribution is -2.45. The number of hydrogen-bond acceptors (Lipinski definition) is 3. The quantitative estimate of drug-likeness (QED) is 0.744. The SMILES string of the molecule is CC(C)C(OC(=O)N1CCC1)OC1CC2CC1C1CCCC21. The largest absolute Gasteiger partial charge is 0.419 e. The minimum Gasteiger partial charge on any atom is -0.419 e. The van der Waals surface area contributed by atoms with Crippen LogP contribution in [-0.2, 0) is 9.47 Å². The number of amides is 1. The van der Waals surface area contributed by atoms with Crippen molar-refractivity contribution in [2.75, 3.05) is 13.1 Å². The van der Waals surface area contributed by atoms with E-state index in [4.69, 9.17) is 9.47 Å². The van der Waals surface area contributed by atoms with Crippen molar-refractivity contribution in [2.24, 2.45) is 29.6 Å². The smallest absolute Gasteiger partial charge is 0.412 e. The maximum atomic E-state index is 12.1. The molecule has 3 saturated carbocycles. The van der Waals surface area contributed by atoms with Crippen LogP contribution < -0.4 is 0 Å². The molecule has 4 nitrogen and oxygen atoms in total. The van der Waals surface area contributed by atoms with Gasteiger partial charge in [0.05, 0.1) is 6.10 Å². The molecule has 0 spiro atoms. The third-order valence-electron chi connectivity index (χ3n) is 6.55. The summed E-state index contributed by atoms with van der Waals surface area (Å²) in [4.78, 5) is 13.9. The summed E-state index contributed by atoms with van der Waals surface area (Å²) in [7, 11) is 0. The molecule has 0 N–H and O–H groups in total. The lowest BCUT2D eigenvalue weighted by Gasteiger charge is -2.36. The topological polar surface area (TPSA) is 38.8 Å². The highest BCUT2D eigenvalue weighted by atomic mass is 16.7. The summed E-state index contributed by atoms with van der Waals surface area (Å²) in [6, 6.07) is 0. The van der Waals surface area contributed by atoms with Gasteiger partial charge in [-0.05, 0) is 55.8 Å². The van der Waals surface area contributed by atoms with E-state index in [-0.39, 0.29) is 18.3 Å². The van der Waals surface area contributed by atoms with E-state index in [0.29, 0.717) is 6.10 Å². The number of nitrogens with zero attached hydrogens (tertiary/aromatic N) is 1. The predicted molar refractivity (Wildman–Crippen MR) is 83.2 cm³/mol. The van der Waals surface area contributed by atoms with Crippen molar-refractivity contribution in [1.82, 2.24) is 4.90 Å². The second-order valence-corrected chi connectivity index (χ2v) is 8.17. The van der Waals surface area contributed by atoms with E-state index in [2.05, 4.69) is 13.8 Å². The van der Waals surface area contributed by atoms with Crippen LogP contribution in [0.15, 0.2) is 0 Å². The van der Waals surface area contributed by atoms with Gasteiger partial charge >= 0.3 is 6.09 Å². The van der Waals surface area contributed by atoms with Crippen molar-refractivity contribution in [3.05, 3.63) is 0 Å². The fourth-order valence-electron chi connectivity index (χ4n) is 5.33. The van der Waals surface area contributed by atoms with Crippen LogP contribution >= 0.6 is 0 Å². The summed E-state index contributed by atoms with van der Waals surface area (Å²) < 4.78 is 12.0. The maximum absolute atomic E-state index is 12.1. The van der Waals surface area contributed by atoms with Gasteiger partial charge in [0.1, 0.15) is 0 Å². The van der Waals surface area contributed by atoms with Crippen LogP contribution in [0.25, 0.3) is 0 Å². The zero-order chi connectivity index (χ0) is 15.3. The molecule has 0 aromatic heterocycles. The van der Waals surface area contributed by atoms with Gasteiger partial charge in [0, 0.05) is 19.0 Å². The minimum absolute atomic E-state index is 0.188. The maximum Gasteiger partial charge on any atom is 0.412 e. The molecule has 3 aliphatic carbocycles. The lowest BCUT2D eigenvalue weighted by atomic mass is 9.80. The molecular weight excluding hydrogens is 278 g/mol. The molecule has 1 heterocycles. The number of hydrogen-bond donors (Lipinski definition) is 0. The zero-order valence-corrected chi connectivity index (χ0v) is 13.9. The van der Waals surface area contributed by atoms with Crippen molar-refractivity contribution in [1.29, 1.82) is 0 Å². The van der Waals surface area contributed by atoms with Crippen LogP contribution in [-0.4, -0.2) is 36.5 Å². The number of ether oxygens (including phenoxy) is 2. The molecule has 1 amide bonds. The Morgan fingerprint density at radius 3 is 2.50 bits per heavy atom. The van der Waals surface area contributed by atoms with Gasteiger partial charge in [-0.3, -0.25) is 0 Å². The Morgan fingerprint density at radius 2 is 1.82 bits per heavy atom. The van der Waals surface area contributed by atoms with Gasteiger partial charge in [-0.15, -0.1) is 0 Å². The molecule has 2 bridgehead atoms. The number of rotatable bonds is 4. The van der Waals surface area contributed by atoms with Crippen LogP contribution in [0.4, 0.5) is 4.79 Å². The molecule has 4 rings (SSSR count). The van der Waals surface area contributed by atoms with E-state index in [1.807, 2.05) is 0 Å². The van der Waals surface area contributed by atoms with E-state index < -0.39 is 0 Å². The molecule has 0 aromatic carbocycles. The molecule has 124 valence electrons. The molecular formula is C18H29NO3. The fraction of sp³-hybridized carbons (Fsp3) is 0.944. The van der Waals surface area contributed by atoms with E-state index in [9.17, 15) is 4.79 Å². The second-order valence-electron chi connectivity index (χ2n) is 8.17. The van der Waals surface area contributed by atoms with Gasteiger partial charge in [-0.1, -0.05) is 20.3 Å². The van der Waals surface area contributed by atoms with Gasteiger partial charge in [0.2, 0.25) is 6.29 Å². The molecule has 1 saturated heterocycles. The van der Waals surface area contributed by atoms with Crippen LogP contribution in [0.2, 0.25) is 0 Å². The Kier molecular flexibility index (Phi) is 3.83. The van der Waals surface area contributed by atoms with Gasteiger partial charge in [-0.25, -0.2) is 4.79 Å². The first-order valence-electron chi connectivity index (χ1n) is 9.24. The Balaban J connectivity index is 1.37. The molecule has 4 heteroatoms. The standard InChI is InChI=1S/C18H29NO3/c1-11(2)17(22-18(20)19-7-4-8-19)21-16-10-12-9-15(16)14-6-3-5-13(12)14/h11-17H,3-10H2,1-2H3. The normalized spacial score (nSPS) is 40.7. The summed E-state index contributed by atoms with van der Waals surface area (Å²) in [5.74, 6) is 3.68. The first kappa shape index (κ1) is 14.8. The molecule has 4 aliphatic rings. The summed E-state index contributed by atoms with van der Waals surface area (Å²) in [6.07, 6.45) is 7.64. The Hall–Kier alpha value is -0.770. The van der Waals surface area contributed by atoms with Crippen molar-refractivity contribution >= 4 is 6.09 Å². The number of carbonyl (C=O) groups is 1. The summed E-state index contributed by atoms with van der Waals surface area (Å²) in [6.45, 7) is 5.84. The molecule has 6 atom stereocenters. The first-order chi connectivity index (χ1) is 10.6. The second kappa shape index (κ2) is 5.70.